The Hall–Kier alpha value is -2.60. The van der Waals surface area contributed by atoms with Crippen LogP contribution in [0.1, 0.15) is 15.2 Å². The highest BCUT2D eigenvalue weighted by Gasteiger charge is 2.25. The van der Waals surface area contributed by atoms with Crippen LogP contribution >= 0.6 is 11.3 Å². The molecule has 1 N–H and O–H groups in total. The van der Waals surface area contributed by atoms with Crippen LogP contribution in [0.4, 0.5) is 5.69 Å². The Morgan fingerprint density at radius 3 is 2.57 bits per heavy atom. The first-order valence-corrected chi connectivity index (χ1v) is 7.94. The van der Waals surface area contributed by atoms with Crippen LogP contribution in [0.15, 0.2) is 40.5 Å². The molecule has 1 aromatic carbocycles. The van der Waals surface area contributed by atoms with Gasteiger partial charge in [-0.3, -0.25) is 9.59 Å². The van der Waals surface area contributed by atoms with Crippen molar-refractivity contribution in [2.45, 2.75) is 6.92 Å². The molecule has 23 heavy (non-hydrogen) atoms. The number of aromatic hydroxyl groups is 1. The number of rotatable bonds is 2. The lowest BCUT2D eigenvalue weighted by Crippen LogP contribution is -2.34. The molecular formula is C17H16N2O3S. The quantitative estimate of drug-likeness (QED) is 0.787. The second-order valence-electron chi connectivity index (χ2n) is 5.34. The molecule has 0 aliphatic rings. The number of anilines is 1. The summed E-state index contributed by atoms with van der Waals surface area (Å²) in [6.07, 6.45) is 0. The van der Waals surface area contributed by atoms with Gasteiger partial charge in [-0.2, -0.15) is 0 Å². The number of para-hydroxylation sites is 1. The van der Waals surface area contributed by atoms with E-state index in [1.54, 1.807) is 31.6 Å². The van der Waals surface area contributed by atoms with Crippen LogP contribution in [0, 0.1) is 6.92 Å². The second-order valence-corrected chi connectivity index (χ2v) is 6.42. The van der Waals surface area contributed by atoms with E-state index in [1.165, 1.54) is 20.8 Å². The van der Waals surface area contributed by atoms with E-state index in [9.17, 15) is 14.7 Å². The summed E-state index contributed by atoms with van der Waals surface area (Å²) in [4.78, 5) is 27.6. The molecule has 0 atom stereocenters. The zero-order valence-corrected chi connectivity index (χ0v) is 13.8. The Bertz CT molecular complexity index is 957. The number of amides is 1. The summed E-state index contributed by atoms with van der Waals surface area (Å²) in [5.74, 6) is -0.767. The van der Waals surface area contributed by atoms with Crippen LogP contribution in [0.5, 0.6) is 5.75 Å². The number of thiophene rings is 1. The molecule has 0 radical (unpaired) electrons. The number of pyridine rings is 1. The number of nitrogens with zero attached hydrogens (tertiary/aromatic N) is 2. The predicted octanol–water partition coefficient (Wildman–Crippen LogP) is 2.89. The Balaban J connectivity index is 2.22. The van der Waals surface area contributed by atoms with Gasteiger partial charge in [-0.25, -0.2) is 0 Å². The van der Waals surface area contributed by atoms with Gasteiger partial charge in [-0.05, 0) is 19.1 Å². The SMILES string of the molecule is Cc1scc2c1c(O)c(C(=O)N(C)c1ccccc1)c(=O)n2C. The van der Waals surface area contributed by atoms with Crippen LogP contribution < -0.4 is 10.5 Å². The zero-order chi connectivity index (χ0) is 16.7. The maximum atomic E-state index is 12.8. The van der Waals surface area contributed by atoms with Gasteiger partial charge < -0.3 is 14.6 Å². The van der Waals surface area contributed by atoms with Gasteiger partial charge in [0.1, 0.15) is 11.3 Å². The third-order valence-electron chi connectivity index (χ3n) is 3.97. The molecular weight excluding hydrogens is 312 g/mol. The Labute approximate surface area is 137 Å². The van der Waals surface area contributed by atoms with Gasteiger partial charge in [0.05, 0.1) is 10.9 Å². The summed E-state index contributed by atoms with van der Waals surface area (Å²) < 4.78 is 1.41. The number of aryl methyl sites for hydroxylation is 2. The van der Waals surface area contributed by atoms with Gasteiger partial charge in [0, 0.05) is 30.0 Å². The number of benzene rings is 1. The maximum Gasteiger partial charge on any atom is 0.267 e. The van der Waals surface area contributed by atoms with Crippen molar-refractivity contribution in [1.82, 2.24) is 4.57 Å². The highest BCUT2D eigenvalue weighted by Crippen LogP contribution is 2.33. The molecule has 0 fully saturated rings. The van der Waals surface area contributed by atoms with Gasteiger partial charge >= 0.3 is 0 Å². The van der Waals surface area contributed by atoms with E-state index >= 15 is 0 Å². The number of hydrogen-bond donors (Lipinski definition) is 1. The van der Waals surface area contributed by atoms with E-state index in [-0.39, 0.29) is 11.3 Å². The standard InChI is InChI=1S/C17H16N2O3S/c1-10-13-12(9-23-10)19(3)17(22)14(15(13)20)16(21)18(2)11-7-5-4-6-8-11/h4-9,20H,1-3H3. The van der Waals surface area contributed by atoms with E-state index in [0.29, 0.717) is 16.6 Å². The Morgan fingerprint density at radius 2 is 1.91 bits per heavy atom. The van der Waals surface area contributed by atoms with Crippen molar-refractivity contribution in [3.63, 3.8) is 0 Å². The summed E-state index contributed by atoms with van der Waals surface area (Å²) >= 11 is 1.44. The monoisotopic (exact) mass is 328 g/mol. The summed E-state index contributed by atoms with van der Waals surface area (Å²) in [5, 5.41) is 12.9. The lowest BCUT2D eigenvalue weighted by atomic mass is 10.1. The van der Waals surface area contributed by atoms with Crippen molar-refractivity contribution in [3.8, 4) is 5.75 Å². The highest BCUT2D eigenvalue weighted by molar-refractivity contribution is 7.11. The molecule has 0 bridgehead atoms. The molecule has 0 unspecified atom stereocenters. The van der Waals surface area contributed by atoms with E-state index in [2.05, 4.69) is 0 Å². The minimum atomic E-state index is -0.526. The summed E-state index contributed by atoms with van der Waals surface area (Å²) in [7, 11) is 3.19. The molecule has 0 spiro atoms. The van der Waals surface area contributed by atoms with Crippen LogP contribution in [-0.4, -0.2) is 22.6 Å². The van der Waals surface area contributed by atoms with E-state index in [1.807, 2.05) is 25.1 Å². The molecule has 1 amide bonds. The van der Waals surface area contributed by atoms with Crippen molar-refractivity contribution < 1.29 is 9.90 Å². The first-order chi connectivity index (χ1) is 10.9. The lowest BCUT2D eigenvalue weighted by Gasteiger charge is -2.18. The van der Waals surface area contributed by atoms with Crippen molar-refractivity contribution in [2.75, 3.05) is 11.9 Å². The summed E-state index contributed by atoms with van der Waals surface area (Å²) in [5.41, 5.74) is 0.587. The first kappa shape index (κ1) is 15.3. The average molecular weight is 328 g/mol. The number of aromatic nitrogens is 1. The van der Waals surface area contributed by atoms with Gasteiger partial charge in [0.2, 0.25) is 0 Å². The van der Waals surface area contributed by atoms with Crippen LogP contribution in [-0.2, 0) is 7.05 Å². The smallest absolute Gasteiger partial charge is 0.267 e. The van der Waals surface area contributed by atoms with Crippen LogP contribution in [0.25, 0.3) is 10.9 Å². The predicted molar refractivity (Wildman–Crippen MR) is 92.6 cm³/mol. The molecule has 3 rings (SSSR count). The third kappa shape index (κ3) is 2.31. The molecule has 3 aromatic rings. The lowest BCUT2D eigenvalue weighted by molar-refractivity contribution is 0.0988. The minimum Gasteiger partial charge on any atom is -0.506 e. The first-order valence-electron chi connectivity index (χ1n) is 7.06. The second kappa shape index (κ2) is 5.55. The van der Waals surface area contributed by atoms with Crippen molar-refractivity contribution in [1.29, 1.82) is 0 Å². The van der Waals surface area contributed by atoms with E-state index in [0.717, 1.165) is 4.88 Å². The van der Waals surface area contributed by atoms with Crippen molar-refractivity contribution in [3.05, 3.63) is 56.5 Å². The largest absolute Gasteiger partial charge is 0.506 e. The molecule has 0 saturated heterocycles. The molecule has 2 aromatic heterocycles. The minimum absolute atomic E-state index is 0.201. The Morgan fingerprint density at radius 1 is 1.26 bits per heavy atom. The maximum absolute atomic E-state index is 12.8. The molecule has 5 nitrogen and oxygen atoms in total. The van der Waals surface area contributed by atoms with Crippen molar-refractivity contribution in [2.24, 2.45) is 7.05 Å². The fraction of sp³-hybridized carbons (Fsp3) is 0.176. The van der Waals surface area contributed by atoms with Gasteiger partial charge in [0.15, 0.2) is 0 Å². The number of carbonyl (C=O) groups is 1. The number of fused-ring (bicyclic) bond motifs is 1. The van der Waals surface area contributed by atoms with Crippen LogP contribution in [0.3, 0.4) is 0 Å². The van der Waals surface area contributed by atoms with Gasteiger partial charge in [-0.1, -0.05) is 18.2 Å². The molecule has 0 aliphatic carbocycles. The topological polar surface area (TPSA) is 62.5 Å². The zero-order valence-electron chi connectivity index (χ0n) is 13.0. The number of hydrogen-bond acceptors (Lipinski definition) is 4. The summed E-state index contributed by atoms with van der Waals surface area (Å²) in [6, 6.07) is 9.01. The summed E-state index contributed by atoms with van der Waals surface area (Å²) in [6.45, 7) is 1.85. The van der Waals surface area contributed by atoms with Crippen molar-refractivity contribution >= 4 is 33.8 Å². The highest BCUT2D eigenvalue weighted by atomic mass is 32.1. The van der Waals surface area contributed by atoms with E-state index < -0.39 is 11.5 Å². The molecule has 118 valence electrons. The molecule has 6 heteroatoms. The molecule has 2 heterocycles. The molecule has 0 saturated carbocycles. The number of carbonyl (C=O) groups excluding carboxylic acids is 1. The normalized spacial score (nSPS) is 10.9. The van der Waals surface area contributed by atoms with Gasteiger partial charge in [-0.15, -0.1) is 11.3 Å². The fourth-order valence-corrected chi connectivity index (χ4v) is 3.49. The average Bonchev–Trinajstić information content (AvgIpc) is 2.95. The molecule has 0 aliphatic heterocycles. The van der Waals surface area contributed by atoms with E-state index in [4.69, 9.17) is 0 Å². The Kier molecular flexibility index (Phi) is 3.69. The van der Waals surface area contributed by atoms with Gasteiger partial charge in [0.25, 0.3) is 11.5 Å². The van der Waals surface area contributed by atoms with Crippen LogP contribution in [0.2, 0.25) is 0 Å². The third-order valence-corrected chi connectivity index (χ3v) is 4.87. The fourth-order valence-electron chi connectivity index (χ4n) is 2.61.